The summed E-state index contributed by atoms with van der Waals surface area (Å²) in [6.45, 7) is 1.43. The first-order valence-electron chi connectivity index (χ1n) is 7.00. The van der Waals surface area contributed by atoms with Gasteiger partial charge in [0.1, 0.15) is 0 Å². The molecule has 2 rings (SSSR count). The Balaban J connectivity index is 1.79. The first kappa shape index (κ1) is 14.5. The molecular formula is C15H20N2O3. The van der Waals surface area contributed by atoms with Crippen molar-refractivity contribution in [1.82, 2.24) is 10.6 Å². The molecule has 1 fully saturated rings. The van der Waals surface area contributed by atoms with Crippen LogP contribution in [0.4, 0.5) is 0 Å². The molecule has 1 amide bonds. The second-order valence-corrected chi connectivity index (χ2v) is 5.05. The molecule has 1 aromatic carbocycles. The number of hydrogen-bond acceptors (Lipinski definition) is 3. The molecule has 108 valence electrons. The van der Waals surface area contributed by atoms with Gasteiger partial charge in [-0.15, -0.1) is 0 Å². The van der Waals surface area contributed by atoms with Gasteiger partial charge < -0.3 is 15.7 Å². The Morgan fingerprint density at radius 3 is 2.90 bits per heavy atom. The lowest BCUT2D eigenvalue weighted by Crippen LogP contribution is -2.47. The average Bonchev–Trinajstić information content (AvgIpc) is 2.48. The Hall–Kier alpha value is -1.88. The number of amides is 1. The van der Waals surface area contributed by atoms with Gasteiger partial charge in [-0.2, -0.15) is 0 Å². The lowest BCUT2D eigenvalue weighted by Gasteiger charge is -2.22. The molecule has 1 aromatic rings. The third-order valence-corrected chi connectivity index (χ3v) is 3.51. The van der Waals surface area contributed by atoms with Gasteiger partial charge in [-0.3, -0.25) is 4.79 Å². The van der Waals surface area contributed by atoms with Gasteiger partial charge in [-0.1, -0.05) is 18.6 Å². The highest BCUT2D eigenvalue weighted by Gasteiger charge is 2.19. The molecule has 5 heteroatoms. The molecular weight excluding hydrogens is 256 g/mol. The minimum Gasteiger partial charge on any atom is -0.478 e. The number of aromatic carboxylic acids is 1. The van der Waals surface area contributed by atoms with Crippen LogP contribution in [0.3, 0.4) is 0 Å². The van der Waals surface area contributed by atoms with Crippen LogP contribution in [0.5, 0.6) is 0 Å². The van der Waals surface area contributed by atoms with Crippen LogP contribution in [0.25, 0.3) is 0 Å². The quantitative estimate of drug-likeness (QED) is 0.754. The Kier molecular flexibility index (Phi) is 5.12. The lowest BCUT2D eigenvalue weighted by molar-refractivity contribution is -0.123. The zero-order valence-electron chi connectivity index (χ0n) is 11.4. The molecule has 0 radical (unpaired) electrons. The van der Waals surface area contributed by atoms with Crippen LogP contribution in [0, 0.1) is 0 Å². The van der Waals surface area contributed by atoms with E-state index in [0.717, 1.165) is 31.4 Å². The summed E-state index contributed by atoms with van der Waals surface area (Å²) in [5.41, 5.74) is 1.20. The third-order valence-electron chi connectivity index (χ3n) is 3.51. The van der Waals surface area contributed by atoms with Crippen molar-refractivity contribution in [2.45, 2.75) is 31.7 Å². The van der Waals surface area contributed by atoms with Crippen LogP contribution in [0.15, 0.2) is 24.3 Å². The van der Waals surface area contributed by atoms with E-state index in [9.17, 15) is 9.59 Å². The molecule has 0 unspecified atom stereocenters. The highest BCUT2D eigenvalue weighted by Crippen LogP contribution is 2.08. The van der Waals surface area contributed by atoms with Gasteiger partial charge in [0.2, 0.25) is 5.91 Å². The fraction of sp³-hybridized carbons (Fsp3) is 0.467. The van der Waals surface area contributed by atoms with Gasteiger partial charge in [-0.05, 0) is 43.5 Å². The van der Waals surface area contributed by atoms with E-state index >= 15 is 0 Å². The minimum atomic E-state index is -0.928. The first-order chi connectivity index (χ1) is 9.66. The normalized spacial score (nSPS) is 18.5. The Bertz CT molecular complexity index is 482. The summed E-state index contributed by atoms with van der Waals surface area (Å²) in [6.07, 6.45) is 3.75. The van der Waals surface area contributed by atoms with E-state index in [1.165, 1.54) is 0 Å². The number of carboxylic acids is 1. The van der Waals surface area contributed by atoms with Crippen molar-refractivity contribution >= 4 is 11.9 Å². The molecule has 1 aliphatic rings. The SMILES string of the molecule is O=C(O)c1cccc(CCNC(=O)[C@H]2CCCCN2)c1. The maximum atomic E-state index is 11.9. The number of piperidine rings is 1. The predicted octanol–water partition coefficient (Wildman–Crippen LogP) is 1.19. The van der Waals surface area contributed by atoms with Crippen molar-refractivity contribution in [3.8, 4) is 0 Å². The molecule has 0 bridgehead atoms. The fourth-order valence-corrected chi connectivity index (χ4v) is 2.39. The Labute approximate surface area is 118 Å². The molecule has 1 aliphatic heterocycles. The summed E-state index contributed by atoms with van der Waals surface area (Å²) in [6, 6.07) is 6.74. The maximum Gasteiger partial charge on any atom is 0.335 e. The summed E-state index contributed by atoms with van der Waals surface area (Å²) in [7, 11) is 0. The number of rotatable bonds is 5. The number of hydrogen-bond donors (Lipinski definition) is 3. The van der Waals surface area contributed by atoms with E-state index < -0.39 is 5.97 Å². The standard InChI is InChI=1S/C15H20N2O3/c18-14(13-6-1-2-8-16-13)17-9-7-11-4-3-5-12(10-11)15(19)20/h3-5,10,13,16H,1-2,6-9H2,(H,17,18)(H,19,20)/t13-/m1/s1. The largest absolute Gasteiger partial charge is 0.478 e. The number of nitrogens with one attached hydrogen (secondary N) is 2. The fourth-order valence-electron chi connectivity index (χ4n) is 2.39. The molecule has 5 nitrogen and oxygen atoms in total. The molecule has 1 atom stereocenters. The molecule has 0 aromatic heterocycles. The molecule has 0 aliphatic carbocycles. The Morgan fingerprint density at radius 2 is 2.20 bits per heavy atom. The van der Waals surface area contributed by atoms with E-state index in [1.54, 1.807) is 18.2 Å². The summed E-state index contributed by atoms with van der Waals surface area (Å²) in [4.78, 5) is 22.8. The van der Waals surface area contributed by atoms with Gasteiger partial charge >= 0.3 is 5.97 Å². The van der Waals surface area contributed by atoms with Gasteiger partial charge in [-0.25, -0.2) is 4.79 Å². The summed E-state index contributed by atoms with van der Waals surface area (Å²) in [5.74, 6) is -0.888. The second-order valence-electron chi connectivity index (χ2n) is 5.05. The van der Waals surface area contributed by atoms with Crippen molar-refractivity contribution < 1.29 is 14.7 Å². The summed E-state index contributed by atoms with van der Waals surface area (Å²) in [5, 5.41) is 15.0. The average molecular weight is 276 g/mol. The van der Waals surface area contributed by atoms with Crippen LogP contribution in [0.1, 0.15) is 35.2 Å². The summed E-state index contributed by atoms with van der Waals surface area (Å²) < 4.78 is 0. The molecule has 20 heavy (non-hydrogen) atoms. The zero-order valence-corrected chi connectivity index (χ0v) is 11.4. The predicted molar refractivity (Wildman–Crippen MR) is 75.8 cm³/mol. The first-order valence-corrected chi connectivity index (χ1v) is 7.00. The van der Waals surface area contributed by atoms with Crippen molar-refractivity contribution in [3.05, 3.63) is 35.4 Å². The van der Waals surface area contributed by atoms with E-state index in [4.69, 9.17) is 5.11 Å². The molecule has 1 heterocycles. The van der Waals surface area contributed by atoms with E-state index in [-0.39, 0.29) is 17.5 Å². The maximum absolute atomic E-state index is 11.9. The van der Waals surface area contributed by atoms with E-state index in [2.05, 4.69) is 10.6 Å². The van der Waals surface area contributed by atoms with Crippen LogP contribution in [-0.2, 0) is 11.2 Å². The number of benzene rings is 1. The van der Waals surface area contributed by atoms with Gasteiger partial charge in [0, 0.05) is 6.54 Å². The number of carbonyl (C=O) groups is 2. The highest BCUT2D eigenvalue weighted by atomic mass is 16.4. The lowest BCUT2D eigenvalue weighted by atomic mass is 10.0. The number of carbonyl (C=O) groups excluding carboxylic acids is 1. The van der Waals surface area contributed by atoms with Gasteiger partial charge in [0.15, 0.2) is 0 Å². The smallest absolute Gasteiger partial charge is 0.335 e. The topological polar surface area (TPSA) is 78.4 Å². The number of carboxylic acid groups (broad SMARTS) is 1. The monoisotopic (exact) mass is 276 g/mol. The van der Waals surface area contributed by atoms with Gasteiger partial charge in [0.05, 0.1) is 11.6 Å². The van der Waals surface area contributed by atoms with Crippen LogP contribution in [0.2, 0.25) is 0 Å². The van der Waals surface area contributed by atoms with Crippen molar-refractivity contribution in [2.24, 2.45) is 0 Å². The molecule has 1 saturated heterocycles. The summed E-state index contributed by atoms with van der Waals surface area (Å²) >= 11 is 0. The zero-order chi connectivity index (χ0) is 14.4. The van der Waals surface area contributed by atoms with Crippen molar-refractivity contribution in [2.75, 3.05) is 13.1 Å². The van der Waals surface area contributed by atoms with E-state index in [0.29, 0.717) is 13.0 Å². The van der Waals surface area contributed by atoms with Crippen LogP contribution < -0.4 is 10.6 Å². The minimum absolute atomic E-state index is 0.0408. The van der Waals surface area contributed by atoms with E-state index in [1.807, 2.05) is 6.07 Å². The third kappa shape index (κ3) is 4.06. The highest BCUT2D eigenvalue weighted by molar-refractivity contribution is 5.87. The second kappa shape index (κ2) is 7.05. The van der Waals surface area contributed by atoms with Crippen molar-refractivity contribution in [3.63, 3.8) is 0 Å². The van der Waals surface area contributed by atoms with Gasteiger partial charge in [0.25, 0.3) is 0 Å². The molecule has 0 spiro atoms. The van der Waals surface area contributed by atoms with Crippen LogP contribution >= 0.6 is 0 Å². The Morgan fingerprint density at radius 1 is 1.35 bits per heavy atom. The van der Waals surface area contributed by atoms with Crippen LogP contribution in [-0.4, -0.2) is 36.1 Å². The van der Waals surface area contributed by atoms with Crippen molar-refractivity contribution in [1.29, 1.82) is 0 Å². The molecule has 0 saturated carbocycles. The molecule has 3 N–H and O–H groups in total.